The van der Waals surface area contributed by atoms with Crippen LogP contribution in [0.2, 0.25) is 0 Å². The molecule has 2 aliphatic heterocycles. The first-order valence-electron chi connectivity index (χ1n) is 13.9. The van der Waals surface area contributed by atoms with E-state index in [4.69, 9.17) is 18.9 Å². The molecule has 2 saturated heterocycles. The van der Waals surface area contributed by atoms with Crippen molar-refractivity contribution >= 4 is 29.9 Å². The summed E-state index contributed by atoms with van der Waals surface area (Å²) in [6.07, 6.45) is 1.61. The Kier molecular flexibility index (Phi) is 13.7. The molecule has 0 aliphatic carbocycles. The van der Waals surface area contributed by atoms with Gasteiger partial charge in [-0.3, -0.25) is 14.4 Å². The van der Waals surface area contributed by atoms with Crippen LogP contribution in [0.15, 0.2) is 0 Å². The minimum Gasteiger partial charge on any atom is -0.466 e. The van der Waals surface area contributed by atoms with Gasteiger partial charge in [0.2, 0.25) is 0 Å². The highest BCUT2D eigenvalue weighted by Gasteiger charge is 2.31. The van der Waals surface area contributed by atoms with E-state index in [1.165, 1.54) is 0 Å². The molecule has 2 amide bonds. The molecule has 2 fully saturated rings. The number of piperidine rings is 2. The Balaban J connectivity index is 0.000000395. The molecule has 0 aromatic carbocycles. The molecule has 0 N–H and O–H groups in total. The molecule has 11 nitrogen and oxygen atoms in total. The van der Waals surface area contributed by atoms with E-state index in [0.717, 1.165) is 0 Å². The molecule has 0 bridgehead atoms. The molecule has 39 heavy (non-hydrogen) atoms. The molecule has 0 atom stereocenters. The van der Waals surface area contributed by atoms with Gasteiger partial charge in [-0.25, -0.2) is 9.59 Å². The lowest BCUT2D eigenvalue weighted by Gasteiger charge is -2.32. The number of carbonyl (C=O) groups excluding carboxylic acids is 5. The summed E-state index contributed by atoms with van der Waals surface area (Å²) in [5.74, 6) is -0.979. The molecule has 0 unspecified atom stereocenters. The summed E-state index contributed by atoms with van der Waals surface area (Å²) in [4.78, 5) is 61.8. The topological polar surface area (TPSA) is 129 Å². The fraction of sp³-hybridized carbons (Fsp3) is 0.821. The van der Waals surface area contributed by atoms with Gasteiger partial charge in [0.1, 0.15) is 23.4 Å². The Morgan fingerprint density at radius 2 is 1.03 bits per heavy atom. The Morgan fingerprint density at radius 3 is 1.38 bits per heavy atom. The SMILES string of the molecule is CCOC(=O)C1CCN(C(=O)OC(C)(C)C)CC1.CCOC(=O)CC(=O)C1CCN(C(=O)OC(C)(C)C)CC1. The minimum absolute atomic E-state index is 0.0800. The maximum Gasteiger partial charge on any atom is 0.410 e. The number of rotatable bonds is 6. The summed E-state index contributed by atoms with van der Waals surface area (Å²) < 4.78 is 20.3. The summed E-state index contributed by atoms with van der Waals surface area (Å²) in [7, 11) is 0. The van der Waals surface area contributed by atoms with Crippen LogP contribution >= 0.6 is 0 Å². The Labute approximate surface area is 232 Å². The standard InChI is InChI=1S/C15H25NO5.C13H23NO4/c1-5-20-13(18)10-12(17)11-6-8-16(9-7-11)14(19)21-15(2,3)4;1-5-17-11(15)10-6-8-14(9-7-10)12(16)18-13(2,3)4/h11H,5-10H2,1-4H3;10H,5-9H2,1-4H3. The van der Waals surface area contributed by atoms with Gasteiger partial charge in [-0.1, -0.05) is 0 Å². The van der Waals surface area contributed by atoms with E-state index in [1.54, 1.807) is 23.6 Å². The Hall–Kier alpha value is -2.85. The zero-order chi connectivity index (χ0) is 29.8. The number of hydrogen-bond acceptors (Lipinski definition) is 9. The van der Waals surface area contributed by atoms with Gasteiger partial charge in [-0.15, -0.1) is 0 Å². The summed E-state index contributed by atoms with van der Waals surface area (Å²) in [6.45, 7) is 17.3. The first kappa shape index (κ1) is 34.2. The minimum atomic E-state index is -0.520. The second-order valence-electron chi connectivity index (χ2n) is 11.7. The molecule has 0 aromatic rings. The summed E-state index contributed by atoms with van der Waals surface area (Å²) in [5.41, 5.74) is -0.997. The number of esters is 2. The molecule has 0 aromatic heterocycles. The zero-order valence-corrected chi connectivity index (χ0v) is 25.0. The van der Waals surface area contributed by atoms with Crippen molar-refractivity contribution in [1.82, 2.24) is 9.80 Å². The van der Waals surface area contributed by atoms with Crippen molar-refractivity contribution in [2.75, 3.05) is 39.4 Å². The van der Waals surface area contributed by atoms with Crippen molar-refractivity contribution in [1.29, 1.82) is 0 Å². The number of carbonyl (C=O) groups is 5. The van der Waals surface area contributed by atoms with Gasteiger partial charge in [0.15, 0.2) is 0 Å². The predicted molar refractivity (Wildman–Crippen MR) is 144 cm³/mol. The van der Waals surface area contributed by atoms with E-state index in [-0.39, 0.29) is 48.8 Å². The second kappa shape index (κ2) is 15.7. The smallest absolute Gasteiger partial charge is 0.410 e. The normalized spacial score (nSPS) is 16.9. The van der Waals surface area contributed by atoms with Crippen LogP contribution in [0.25, 0.3) is 0 Å². The van der Waals surface area contributed by atoms with Gasteiger partial charge in [0, 0.05) is 32.1 Å². The van der Waals surface area contributed by atoms with Gasteiger partial charge in [0.25, 0.3) is 0 Å². The van der Waals surface area contributed by atoms with E-state index >= 15 is 0 Å². The highest BCUT2D eigenvalue weighted by Crippen LogP contribution is 2.22. The number of hydrogen-bond donors (Lipinski definition) is 0. The van der Waals surface area contributed by atoms with Crippen LogP contribution in [0, 0.1) is 11.8 Å². The van der Waals surface area contributed by atoms with E-state index in [9.17, 15) is 24.0 Å². The predicted octanol–water partition coefficient (Wildman–Crippen LogP) is 4.35. The summed E-state index contributed by atoms with van der Waals surface area (Å²) in [6, 6.07) is 0. The third-order valence-corrected chi connectivity index (χ3v) is 5.99. The number of amides is 2. The van der Waals surface area contributed by atoms with Crippen LogP contribution in [0.5, 0.6) is 0 Å². The van der Waals surface area contributed by atoms with Crippen LogP contribution in [0.1, 0.15) is 87.5 Å². The van der Waals surface area contributed by atoms with Crippen molar-refractivity contribution in [2.24, 2.45) is 11.8 Å². The number of ketones is 1. The number of ether oxygens (including phenoxy) is 4. The van der Waals surface area contributed by atoms with Gasteiger partial charge < -0.3 is 28.7 Å². The summed E-state index contributed by atoms with van der Waals surface area (Å²) >= 11 is 0. The average Bonchev–Trinajstić information content (AvgIpc) is 2.83. The summed E-state index contributed by atoms with van der Waals surface area (Å²) in [5, 5.41) is 0. The Bertz CT molecular complexity index is 829. The maximum atomic E-state index is 12.0. The third-order valence-electron chi connectivity index (χ3n) is 5.99. The number of likely N-dealkylation sites (tertiary alicyclic amines) is 2. The molecule has 224 valence electrons. The van der Waals surface area contributed by atoms with Crippen LogP contribution in [-0.4, -0.2) is 90.3 Å². The second-order valence-corrected chi connectivity index (χ2v) is 11.7. The molecule has 0 spiro atoms. The van der Waals surface area contributed by atoms with Crippen LogP contribution in [0.3, 0.4) is 0 Å². The van der Waals surface area contributed by atoms with Crippen LogP contribution in [-0.2, 0) is 33.3 Å². The van der Waals surface area contributed by atoms with E-state index < -0.39 is 17.2 Å². The van der Waals surface area contributed by atoms with Gasteiger partial charge >= 0.3 is 24.1 Å². The lowest BCUT2D eigenvalue weighted by Crippen LogP contribution is -2.43. The van der Waals surface area contributed by atoms with Crippen LogP contribution in [0.4, 0.5) is 9.59 Å². The average molecular weight is 557 g/mol. The lowest BCUT2D eigenvalue weighted by atomic mass is 9.91. The van der Waals surface area contributed by atoms with E-state index in [2.05, 4.69) is 0 Å². The maximum absolute atomic E-state index is 12.0. The van der Waals surface area contributed by atoms with Crippen molar-refractivity contribution in [2.45, 2.75) is 98.7 Å². The van der Waals surface area contributed by atoms with E-state index in [0.29, 0.717) is 58.5 Å². The van der Waals surface area contributed by atoms with Crippen LogP contribution < -0.4 is 0 Å². The molecule has 2 aliphatic rings. The number of Topliss-reactive ketones (excluding diaryl/α,β-unsaturated/α-hetero) is 1. The van der Waals surface area contributed by atoms with Crippen molar-refractivity contribution in [3.8, 4) is 0 Å². The molecular weight excluding hydrogens is 508 g/mol. The molecular formula is C28H48N2O9. The zero-order valence-electron chi connectivity index (χ0n) is 25.0. The van der Waals surface area contributed by atoms with Gasteiger partial charge in [-0.05, 0) is 81.1 Å². The lowest BCUT2D eigenvalue weighted by molar-refractivity contribution is -0.150. The Morgan fingerprint density at radius 1 is 0.641 bits per heavy atom. The van der Waals surface area contributed by atoms with Crippen molar-refractivity contribution in [3.05, 3.63) is 0 Å². The molecule has 2 rings (SSSR count). The molecule has 0 saturated carbocycles. The fourth-order valence-corrected chi connectivity index (χ4v) is 4.09. The quantitative estimate of drug-likeness (QED) is 0.266. The first-order chi connectivity index (χ1) is 18.1. The van der Waals surface area contributed by atoms with Crippen molar-refractivity contribution < 1.29 is 42.9 Å². The fourth-order valence-electron chi connectivity index (χ4n) is 4.09. The largest absolute Gasteiger partial charge is 0.466 e. The molecule has 11 heteroatoms. The highest BCUT2D eigenvalue weighted by molar-refractivity contribution is 5.96. The number of nitrogens with zero attached hydrogens (tertiary/aromatic N) is 2. The third kappa shape index (κ3) is 13.7. The van der Waals surface area contributed by atoms with Gasteiger partial charge in [-0.2, -0.15) is 0 Å². The van der Waals surface area contributed by atoms with E-state index in [1.807, 2.05) is 41.5 Å². The van der Waals surface area contributed by atoms with Gasteiger partial charge in [0.05, 0.1) is 19.1 Å². The highest BCUT2D eigenvalue weighted by atomic mass is 16.6. The first-order valence-corrected chi connectivity index (χ1v) is 13.9. The monoisotopic (exact) mass is 556 g/mol. The molecule has 0 radical (unpaired) electrons. The molecule has 2 heterocycles. The van der Waals surface area contributed by atoms with Crippen molar-refractivity contribution in [3.63, 3.8) is 0 Å².